The number of amides is 1. The summed E-state index contributed by atoms with van der Waals surface area (Å²) in [6, 6.07) is 9.80. The standard InChI is InChI=1S/C14H13Br2NO2S/c1-19-8-10-4-2-3-9(5-10)7-17-14(18)12-6-11(15)13(16)20-12/h2-6H,7-8H2,1H3,(H,17,18). The lowest BCUT2D eigenvalue weighted by Gasteiger charge is -2.06. The number of hydrogen-bond acceptors (Lipinski definition) is 3. The van der Waals surface area contributed by atoms with Crippen LogP contribution in [0.3, 0.4) is 0 Å². The number of hydrogen-bond donors (Lipinski definition) is 1. The summed E-state index contributed by atoms with van der Waals surface area (Å²) in [6.07, 6.45) is 0. The zero-order chi connectivity index (χ0) is 14.5. The van der Waals surface area contributed by atoms with E-state index in [1.165, 1.54) is 11.3 Å². The van der Waals surface area contributed by atoms with Crippen LogP contribution >= 0.6 is 43.2 Å². The molecule has 106 valence electrons. The Morgan fingerprint density at radius 1 is 1.30 bits per heavy atom. The minimum absolute atomic E-state index is 0.0708. The van der Waals surface area contributed by atoms with Crippen molar-refractivity contribution in [3.63, 3.8) is 0 Å². The van der Waals surface area contributed by atoms with Crippen LogP contribution in [-0.4, -0.2) is 13.0 Å². The number of rotatable bonds is 5. The first kappa shape index (κ1) is 15.7. The van der Waals surface area contributed by atoms with E-state index in [4.69, 9.17) is 4.74 Å². The van der Waals surface area contributed by atoms with Crippen LogP contribution < -0.4 is 5.32 Å². The maximum absolute atomic E-state index is 12.0. The molecule has 0 radical (unpaired) electrons. The summed E-state index contributed by atoms with van der Waals surface area (Å²) in [5.41, 5.74) is 2.16. The van der Waals surface area contributed by atoms with Crippen molar-refractivity contribution in [2.75, 3.05) is 7.11 Å². The molecule has 1 aromatic carbocycles. The minimum Gasteiger partial charge on any atom is -0.380 e. The number of carbonyl (C=O) groups excluding carboxylic acids is 1. The predicted octanol–water partition coefficient (Wildman–Crippen LogP) is 4.35. The summed E-state index contributed by atoms with van der Waals surface area (Å²) >= 11 is 8.17. The van der Waals surface area contributed by atoms with Crippen molar-refractivity contribution >= 4 is 49.1 Å². The third-order valence-electron chi connectivity index (χ3n) is 2.62. The molecular formula is C14H13Br2NO2S. The van der Waals surface area contributed by atoms with E-state index in [1.807, 2.05) is 30.3 Å². The van der Waals surface area contributed by atoms with E-state index >= 15 is 0 Å². The molecule has 1 aromatic heterocycles. The Balaban J connectivity index is 1.97. The van der Waals surface area contributed by atoms with Crippen LogP contribution in [-0.2, 0) is 17.9 Å². The van der Waals surface area contributed by atoms with Gasteiger partial charge in [-0.15, -0.1) is 11.3 Å². The van der Waals surface area contributed by atoms with E-state index in [0.717, 1.165) is 19.4 Å². The van der Waals surface area contributed by atoms with Crippen LogP contribution in [0.4, 0.5) is 0 Å². The van der Waals surface area contributed by atoms with Crippen molar-refractivity contribution in [2.45, 2.75) is 13.2 Å². The van der Waals surface area contributed by atoms with Gasteiger partial charge in [-0.25, -0.2) is 0 Å². The number of ether oxygens (including phenoxy) is 1. The average molecular weight is 419 g/mol. The Hall–Kier alpha value is -0.690. The lowest BCUT2D eigenvalue weighted by molar-refractivity contribution is 0.0955. The van der Waals surface area contributed by atoms with Crippen molar-refractivity contribution in [1.29, 1.82) is 0 Å². The molecule has 2 rings (SSSR count). The van der Waals surface area contributed by atoms with Gasteiger partial charge in [-0.1, -0.05) is 24.3 Å². The highest BCUT2D eigenvalue weighted by atomic mass is 79.9. The van der Waals surface area contributed by atoms with E-state index < -0.39 is 0 Å². The normalized spacial score (nSPS) is 10.6. The third-order valence-corrected chi connectivity index (χ3v) is 5.88. The smallest absolute Gasteiger partial charge is 0.261 e. The van der Waals surface area contributed by atoms with E-state index in [1.54, 1.807) is 7.11 Å². The van der Waals surface area contributed by atoms with Gasteiger partial charge < -0.3 is 10.1 Å². The Labute approximate surface area is 138 Å². The number of benzene rings is 1. The van der Waals surface area contributed by atoms with Gasteiger partial charge in [0.05, 0.1) is 15.3 Å². The van der Waals surface area contributed by atoms with Crippen molar-refractivity contribution in [2.24, 2.45) is 0 Å². The van der Waals surface area contributed by atoms with Gasteiger partial charge in [0.25, 0.3) is 5.91 Å². The second-order valence-corrected chi connectivity index (χ2v) is 7.39. The van der Waals surface area contributed by atoms with Gasteiger partial charge in [0.15, 0.2) is 0 Å². The maximum atomic E-state index is 12.0. The zero-order valence-corrected chi connectivity index (χ0v) is 14.8. The highest BCUT2D eigenvalue weighted by molar-refractivity contribution is 9.13. The van der Waals surface area contributed by atoms with Gasteiger partial charge in [-0.05, 0) is 49.1 Å². The van der Waals surface area contributed by atoms with E-state index in [0.29, 0.717) is 18.0 Å². The molecule has 1 heterocycles. The Morgan fingerprint density at radius 3 is 2.70 bits per heavy atom. The maximum Gasteiger partial charge on any atom is 0.261 e. The van der Waals surface area contributed by atoms with Crippen LogP contribution in [0.15, 0.2) is 38.6 Å². The lowest BCUT2D eigenvalue weighted by atomic mass is 10.1. The van der Waals surface area contributed by atoms with Crippen LogP contribution in [0.25, 0.3) is 0 Å². The highest BCUT2D eigenvalue weighted by Crippen LogP contribution is 2.32. The van der Waals surface area contributed by atoms with Crippen LogP contribution in [0.2, 0.25) is 0 Å². The first-order valence-electron chi connectivity index (χ1n) is 5.90. The second kappa shape index (κ2) is 7.36. The molecule has 1 N–H and O–H groups in total. The van der Waals surface area contributed by atoms with Gasteiger partial charge >= 0.3 is 0 Å². The van der Waals surface area contributed by atoms with Gasteiger partial charge in [0.2, 0.25) is 0 Å². The third kappa shape index (κ3) is 4.15. The van der Waals surface area contributed by atoms with Crippen molar-refractivity contribution in [3.05, 3.63) is 54.6 Å². The molecule has 0 spiro atoms. The molecule has 0 aliphatic rings. The molecule has 0 aliphatic carbocycles. The number of thiophene rings is 1. The molecule has 3 nitrogen and oxygen atoms in total. The van der Waals surface area contributed by atoms with Crippen molar-refractivity contribution in [3.8, 4) is 0 Å². The largest absolute Gasteiger partial charge is 0.380 e. The van der Waals surface area contributed by atoms with Crippen LogP contribution in [0.5, 0.6) is 0 Å². The molecular weight excluding hydrogens is 406 g/mol. The van der Waals surface area contributed by atoms with Gasteiger partial charge in [0, 0.05) is 18.1 Å². The van der Waals surface area contributed by atoms with Crippen LogP contribution in [0, 0.1) is 0 Å². The number of halogens is 2. The summed E-state index contributed by atoms with van der Waals surface area (Å²) in [5.74, 6) is -0.0708. The van der Waals surface area contributed by atoms with Crippen molar-refractivity contribution < 1.29 is 9.53 Å². The molecule has 1 amide bonds. The molecule has 0 fully saturated rings. The fraction of sp³-hybridized carbons (Fsp3) is 0.214. The molecule has 0 saturated heterocycles. The monoisotopic (exact) mass is 417 g/mol. The molecule has 20 heavy (non-hydrogen) atoms. The SMILES string of the molecule is COCc1cccc(CNC(=O)c2cc(Br)c(Br)s2)c1. The highest BCUT2D eigenvalue weighted by Gasteiger charge is 2.11. The van der Waals surface area contributed by atoms with E-state index in [-0.39, 0.29) is 5.91 Å². The number of nitrogens with one attached hydrogen (secondary N) is 1. The molecule has 0 unspecified atom stereocenters. The molecule has 0 atom stereocenters. The van der Waals surface area contributed by atoms with Crippen LogP contribution in [0.1, 0.15) is 20.8 Å². The van der Waals surface area contributed by atoms with Gasteiger partial charge in [0.1, 0.15) is 0 Å². The van der Waals surface area contributed by atoms with Crippen molar-refractivity contribution in [1.82, 2.24) is 5.32 Å². The summed E-state index contributed by atoms with van der Waals surface area (Å²) in [4.78, 5) is 12.7. The van der Waals surface area contributed by atoms with Gasteiger partial charge in [-0.3, -0.25) is 4.79 Å². The molecule has 0 aliphatic heterocycles. The Kier molecular flexibility index (Phi) is 5.77. The van der Waals surface area contributed by atoms with Gasteiger partial charge in [-0.2, -0.15) is 0 Å². The first-order chi connectivity index (χ1) is 9.60. The summed E-state index contributed by atoms with van der Waals surface area (Å²) in [6.45, 7) is 1.08. The lowest BCUT2D eigenvalue weighted by Crippen LogP contribution is -2.21. The number of carbonyl (C=O) groups is 1. The fourth-order valence-corrected chi connectivity index (χ4v) is 3.68. The summed E-state index contributed by atoms with van der Waals surface area (Å²) < 4.78 is 6.92. The minimum atomic E-state index is -0.0708. The Bertz CT molecular complexity index is 593. The predicted molar refractivity (Wildman–Crippen MR) is 88.0 cm³/mol. The summed E-state index contributed by atoms with van der Waals surface area (Å²) in [5, 5.41) is 2.91. The molecule has 2 aromatic rings. The average Bonchev–Trinajstić information content (AvgIpc) is 2.77. The summed E-state index contributed by atoms with van der Waals surface area (Å²) in [7, 11) is 1.67. The zero-order valence-electron chi connectivity index (χ0n) is 10.8. The second-order valence-electron chi connectivity index (χ2n) is 4.17. The molecule has 6 heteroatoms. The molecule has 0 bridgehead atoms. The first-order valence-corrected chi connectivity index (χ1v) is 8.30. The van der Waals surface area contributed by atoms with E-state index in [2.05, 4.69) is 37.2 Å². The van der Waals surface area contributed by atoms with E-state index in [9.17, 15) is 4.79 Å². The fourth-order valence-electron chi connectivity index (χ4n) is 1.72. The topological polar surface area (TPSA) is 38.3 Å². The Morgan fingerprint density at radius 2 is 2.05 bits per heavy atom. The number of methoxy groups -OCH3 is 1. The molecule has 0 saturated carbocycles. The quantitative estimate of drug-likeness (QED) is 0.783.